The van der Waals surface area contributed by atoms with E-state index >= 15 is 8.78 Å². The Labute approximate surface area is 252 Å². The zero-order valence-corrected chi connectivity index (χ0v) is 24.8. The number of ketones is 2. The number of aliphatic hydroxyl groups is 2. The summed E-state index contributed by atoms with van der Waals surface area (Å²) in [4.78, 5) is 27.6. The number of carbonyl (C=O) groups is 2. The van der Waals surface area contributed by atoms with Crippen LogP contribution < -0.4 is 5.73 Å². The smallest absolute Gasteiger partial charge is 0.194 e. The molecule has 7 rings (SSSR count). The number of alkyl halides is 2. The molecule has 1 aromatic carbocycles. The second-order valence-corrected chi connectivity index (χ2v) is 14.4. The maximum atomic E-state index is 17.5. The molecule has 0 radical (unpaired) electrons. The van der Waals surface area contributed by atoms with Gasteiger partial charge in [-0.15, -0.1) is 11.3 Å². The molecule has 228 valence electrons. The third-order valence-corrected chi connectivity index (χ3v) is 12.3. The molecule has 2 aromatic rings. The van der Waals surface area contributed by atoms with Gasteiger partial charge in [0.15, 0.2) is 29.1 Å². The molecule has 0 bridgehead atoms. The summed E-state index contributed by atoms with van der Waals surface area (Å²) in [6.45, 7) is 2.50. The predicted molar refractivity (Wildman–Crippen MR) is 156 cm³/mol. The molecule has 1 saturated heterocycles. The standard InChI is InChI=1S/C33H35F2NO6S/c1-30-9-8-19(38)12-23(30)24(34)13-22-21-14-28-33(27(40)16-37,31(21,2)15-26(39)32(22,30)35)42-29(41-28)25-7-6-20(43-25)11-17-4-3-5-18(36)10-17/h3-10,12,21-22,24,26,28-29,37,39H,11,13-16,36H2,1-2H3/t21-,22-,24-,26-,28+,29+,30-,31?,32-,33+/m0/s1. The molecule has 2 heterocycles. The van der Waals surface area contributed by atoms with Crippen LogP contribution in [0.15, 0.2) is 60.2 Å². The molecular formula is C33H35F2NO6S. The van der Waals surface area contributed by atoms with Crippen LogP contribution in [0.5, 0.6) is 0 Å². The summed E-state index contributed by atoms with van der Waals surface area (Å²) in [5.41, 5.74) is 1.08. The zero-order valence-electron chi connectivity index (χ0n) is 24.0. The van der Waals surface area contributed by atoms with Crippen LogP contribution >= 0.6 is 11.3 Å². The number of thiophene rings is 1. The molecule has 1 aromatic heterocycles. The van der Waals surface area contributed by atoms with Crippen molar-refractivity contribution in [2.24, 2.45) is 22.7 Å². The van der Waals surface area contributed by atoms with E-state index in [1.165, 1.54) is 30.4 Å². The van der Waals surface area contributed by atoms with Crippen LogP contribution in [0, 0.1) is 22.7 Å². The summed E-state index contributed by atoms with van der Waals surface area (Å²) in [7, 11) is 0. The van der Waals surface area contributed by atoms with E-state index < -0.39 is 76.8 Å². The van der Waals surface area contributed by atoms with Crippen molar-refractivity contribution in [1.82, 2.24) is 0 Å². The van der Waals surface area contributed by atoms with Crippen molar-refractivity contribution in [1.29, 1.82) is 0 Å². The molecule has 10 atom stereocenters. The molecule has 10 heteroatoms. The lowest BCUT2D eigenvalue weighted by molar-refractivity contribution is -0.234. The van der Waals surface area contributed by atoms with Crippen molar-refractivity contribution in [2.45, 2.75) is 75.5 Å². The van der Waals surface area contributed by atoms with Gasteiger partial charge in [-0.25, -0.2) is 8.78 Å². The first-order chi connectivity index (χ1) is 20.4. The minimum atomic E-state index is -2.28. The van der Waals surface area contributed by atoms with E-state index in [-0.39, 0.29) is 24.8 Å². The van der Waals surface area contributed by atoms with Crippen LogP contribution in [0.3, 0.4) is 0 Å². The van der Waals surface area contributed by atoms with Crippen molar-refractivity contribution in [3.63, 3.8) is 0 Å². The third-order valence-electron chi connectivity index (χ3n) is 11.2. The number of benzene rings is 1. The average molecular weight is 612 g/mol. The quantitative estimate of drug-likeness (QED) is 0.424. The van der Waals surface area contributed by atoms with E-state index in [9.17, 15) is 19.8 Å². The maximum absolute atomic E-state index is 17.5. The van der Waals surface area contributed by atoms with Gasteiger partial charge in [-0.3, -0.25) is 9.59 Å². The van der Waals surface area contributed by atoms with Crippen molar-refractivity contribution < 1.29 is 38.1 Å². The number of nitrogen functional groups attached to an aromatic ring is 1. The van der Waals surface area contributed by atoms with Gasteiger partial charge in [-0.1, -0.05) is 25.1 Å². The number of allylic oxidation sites excluding steroid dienone is 4. The number of hydrogen-bond acceptors (Lipinski definition) is 8. The van der Waals surface area contributed by atoms with Crippen LogP contribution in [-0.2, 0) is 25.5 Å². The number of ether oxygens (including phenoxy) is 2. The molecule has 4 N–H and O–H groups in total. The highest BCUT2D eigenvalue weighted by atomic mass is 32.1. The minimum Gasteiger partial charge on any atom is -0.399 e. The third kappa shape index (κ3) is 3.76. The molecule has 43 heavy (non-hydrogen) atoms. The van der Waals surface area contributed by atoms with Crippen molar-refractivity contribution in [3.05, 3.63) is 75.5 Å². The Morgan fingerprint density at radius 1 is 1.19 bits per heavy atom. The van der Waals surface area contributed by atoms with E-state index in [0.29, 0.717) is 12.1 Å². The lowest BCUT2D eigenvalue weighted by atomic mass is 9.44. The summed E-state index contributed by atoms with van der Waals surface area (Å²) in [6.07, 6.45) is -0.669. The monoisotopic (exact) mass is 611 g/mol. The molecule has 0 amide bonds. The number of aliphatic hydroxyl groups excluding tert-OH is 2. The van der Waals surface area contributed by atoms with Gasteiger partial charge in [0, 0.05) is 33.7 Å². The number of Topliss-reactive ketones (excluding diaryl/α,β-unsaturated/α-hetero) is 1. The lowest BCUT2D eigenvalue weighted by Crippen LogP contribution is -2.70. The highest BCUT2D eigenvalue weighted by molar-refractivity contribution is 7.12. The Morgan fingerprint density at radius 3 is 2.72 bits per heavy atom. The van der Waals surface area contributed by atoms with Gasteiger partial charge in [-0.05, 0) is 79.7 Å². The highest BCUT2D eigenvalue weighted by Gasteiger charge is 2.80. The predicted octanol–water partition coefficient (Wildman–Crippen LogP) is 4.56. The second kappa shape index (κ2) is 9.62. The lowest BCUT2D eigenvalue weighted by Gasteiger charge is -2.63. The first-order valence-corrected chi connectivity index (χ1v) is 15.6. The fourth-order valence-electron chi connectivity index (χ4n) is 9.21. The Kier molecular flexibility index (Phi) is 6.48. The van der Waals surface area contributed by atoms with Gasteiger partial charge < -0.3 is 25.4 Å². The number of carbonyl (C=O) groups excluding carboxylic acids is 2. The molecule has 1 aliphatic heterocycles. The second-order valence-electron chi connectivity index (χ2n) is 13.2. The molecule has 0 spiro atoms. The largest absolute Gasteiger partial charge is 0.399 e. The Bertz CT molecular complexity index is 1570. The van der Waals surface area contributed by atoms with Crippen molar-refractivity contribution in [2.75, 3.05) is 12.3 Å². The molecule has 5 aliphatic rings. The molecule has 4 aliphatic carbocycles. The Morgan fingerprint density at radius 2 is 1.98 bits per heavy atom. The van der Waals surface area contributed by atoms with E-state index in [1.807, 2.05) is 36.4 Å². The van der Waals surface area contributed by atoms with Crippen molar-refractivity contribution >= 4 is 28.6 Å². The Hall–Kier alpha value is -2.76. The van der Waals surface area contributed by atoms with Gasteiger partial charge in [0.2, 0.25) is 0 Å². The van der Waals surface area contributed by atoms with E-state index in [0.717, 1.165) is 21.4 Å². The number of anilines is 1. The summed E-state index contributed by atoms with van der Waals surface area (Å²) in [5, 5.41) is 21.8. The van der Waals surface area contributed by atoms with Crippen LogP contribution in [0.4, 0.5) is 14.5 Å². The van der Waals surface area contributed by atoms with Crippen molar-refractivity contribution in [3.8, 4) is 0 Å². The fourth-order valence-corrected chi connectivity index (χ4v) is 10.2. The first kappa shape index (κ1) is 29.0. The molecule has 3 saturated carbocycles. The van der Waals surface area contributed by atoms with Crippen LogP contribution in [-0.4, -0.2) is 58.0 Å². The summed E-state index contributed by atoms with van der Waals surface area (Å²) in [6, 6.07) is 11.5. The van der Waals surface area contributed by atoms with Gasteiger partial charge >= 0.3 is 0 Å². The molecule has 7 nitrogen and oxygen atoms in total. The topological polar surface area (TPSA) is 119 Å². The fraction of sp³-hybridized carbons (Fsp3) is 0.515. The highest BCUT2D eigenvalue weighted by Crippen LogP contribution is 2.72. The Balaban J connectivity index is 1.23. The summed E-state index contributed by atoms with van der Waals surface area (Å²) < 4.78 is 46.3. The number of nitrogens with two attached hydrogens (primary N) is 1. The van der Waals surface area contributed by atoms with Gasteiger partial charge in [0.05, 0.1) is 17.1 Å². The molecular weight excluding hydrogens is 576 g/mol. The van der Waals surface area contributed by atoms with E-state index in [4.69, 9.17) is 15.2 Å². The maximum Gasteiger partial charge on any atom is 0.194 e. The first-order valence-electron chi connectivity index (χ1n) is 14.7. The van der Waals surface area contributed by atoms with Gasteiger partial charge in [0.1, 0.15) is 12.8 Å². The average Bonchev–Trinajstić information content (AvgIpc) is 3.64. The van der Waals surface area contributed by atoms with Gasteiger partial charge in [-0.2, -0.15) is 0 Å². The van der Waals surface area contributed by atoms with Crippen LogP contribution in [0.25, 0.3) is 0 Å². The number of rotatable bonds is 5. The van der Waals surface area contributed by atoms with Crippen LogP contribution in [0.2, 0.25) is 0 Å². The normalized spacial score (nSPS) is 43.0. The van der Waals surface area contributed by atoms with Gasteiger partial charge in [0.25, 0.3) is 0 Å². The SMILES string of the molecule is CC12C[C@H](O)[C@@]3(F)[C@@H](C[C@H](F)C4=CC(=O)C=C[C@@]43C)[C@@H]1C[C@H]1O[C@@H](c3ccc(Cc4cccc(N)c4)s3)O[C@]12C(=O)CO. The zero-order chi connectivity index (χ0) is 30.5. The van der Waals surface area contributed by atoms with Crippen LogP contribution in [0.1, 0.15) is 54.7 Å². The molecule has 1 unspecified atom stereocenters. The summed E-state index contributed by atoms with van der Waals surface area (Å²) in [5.74, 6) is -2.58. The van der Waals surface area contributed by atoms with E-state index in [2.05, 4.69) is 0 Å². The summed E-state index contributed by atoms with van der Waals surface area (Å²) >= 11 is 1.48. The number of fused-ring (bicyclic) bond motifs is 7. The number of halogens is 2. The minimum absolute atomic E-state index is 0.0417. The number of hydrogen-bond donors (Lipinski definition) is 3. The molecule has 4 fully saturated rings. The van der Waals surface area contributed by atoms with E-state index in [1.54, 1.807) is 6.92 Å².